The minimum atomic E-state index is -4.78. The number of aromatic nitrogens is 3. The number of carbonyl (C=O) groups is 2. The number of anilines is 2. The highest BCUT2D eigenvalue weighted by Crippen LogP contribution is 2.32. The molecule has 0 aliphatic carbocycles. The summed E-state index contributed by atoms with van der Waals surface area (Å²) in [5, 5.41) is 7.22. The van der Waals surface area contributed by atoms with Crippen LogP contribution in [0.4, 0.5) is 24.7 Å². The first kappa shape index (κ1) is 23.7. The Balaban J connectivity index is 1.75. The lowest BCUT2D eigenvalue weighted by Gasteiger charge is -2.25. The van der Waals surface area contributed by atoms with Crippen LogP contribution in [0.3, 0.4) is 0 Å². The number of alkyl halides is 3. The molecule has 1 fully saturated rings. The van der Waals surface area contributed by atoms with Crippen LogP contribution in [0.25, 0.3) is 0 Å². The molecule has 0 unspecified atom stereocenters. The topological polar surface area (TPSA) is 80.1 Å². The Kier molecular flexibility index (Phi) is 7.40. The van der Waals surface area contributed by atoms with Gasteiger partial charge in [0.2, 0.25) is 5.78 Å². The van der Waals surface area contributed by atoms with E-state index in [-0.39, 0.29) is 11.8 Å². The van der Waals surface area contributed by atoms with Crippen molar-refractivity contribution < 1.29 is 22.8 Å². The Morgan fingerprint density at radius 3 is 2.68 bits per heavy atom. The summed E-state index contributed by atoms with van der Waals surface area (Å²) in [5.74, 6) is -1.61. The molecule has 1 saturated heterocycles. The number of Topliss-reactive ketones (excluding diaryl/α,β-unsaturated/α-hetero) is 1. The predicted molar refractivity (Wildman–Crippen MR) is 116 cm³/mol. The summed E-state index contributed by atoms with van der Waals surface area (Å²) >= 11 is 4.65. The van der Waals surface area contributed by atoms with Gasteiger partial charge < -0.3 is 10.2 Å². The average Bonchev–Trinajstić information content (AvgIpc) is 3.16. The van der Waals surface area contributed by atoms with Gasteiger partial charge in [0.25, 0.3) is 5.91 Å². The zero-order valence-electron chi connectivity index (χ0n) is 17.1. The molecule has 0 saturated carbocycles. The number of hydrogen-bond acceptors (Lipinski definition) is 6. The van der Waals surface area contributed by atoms with Crippen molar-refractivity contribution in [3.63, 3.8) is 0 Å². The van der Waals surface area contributed by atoms with Crippen molar-refractivity contribution in [2.45, 2.75) is 52.3 Å². The Hall–Kier alpha value is -1.95. The zero-order valence-corrected chi connectivity index (χ0v) is 19.5. The van der Waals surface area contributed by atoms with E-state index in [2.05, 4.69) is 31.3 Å². The summed E-state index contributed by atoms with van der Waals surface area (Å²) in [6, 6.07) is 0. The number of thiazole rings is 1. The van der Waals surface area contributed by atoms with Gasteiger partial charge in [-0.1, -0.05) is 0 Å². The molecule has 0 spiro atoms. The van der Waals surface area contributed by atoms with E-state index in [1.54, 1.807) is 10.9 Å². The van der Waals surface area contributed by atoms with Gasteiger partial charge in [0, 0.05) is 30.9 Å². The first-order valence-electron chi connectivity index (χ1n) is 9.95. The van der Waals surface area contributed by atoms with Crippen molar-refractivity contribution in [3.8, 4) is 0 Å². The van der Waals surface area contributed by atoms with Gasteiger partial charge in [-0.3, -0.25) is 9.59 Å². The van der Waals surface area contributed by atoms with Crippen LogP contribution in [-0.2, 0) is 11.3 Å². The van der Waals surface area contributed by atoms with Crippen LogP contribution < -0.4 is 10.2 Å². The molecule has 0 aromatic carbocycles. The molecular formula is C19H23BrF3N5O2S. The van der Waals surface area contributed by atoms with E-state index in [4.69, 9.17) is 0 Å². The van der Waals surface area contributed by atoms with Gasteiger partial charge >= 0.3 is 6.18 Å². The highest BCUT2D eigenvalue weighted by atomic mass is 79.9. The summed E-state index contributed by atoms with van der Waals surface area (Å²) < 4.78 is 40.3. The smallest absolute Gasteiger partial charge is 0.355 e. The molecule has 1 atom stereocenters. The second-order valence-corrected chi connectivity index (χ2v) is 9.91. The predicted octanol–water partition coefficient (Wildman–Crippen LogP) is 4.81. The van der Waals surface area contributed by atoms with E-state index in [9.17, 15) is 22.8 Å². The third-order valence-electron chi connectivity index (χ3n) is 5.28. The molecule has 12 heteroatoms. The van der Waals surface area contributed by atoms with Crippen molar-refractivity contribution in [2.75, 3.05) is 23.3 Å². The molecule has 1 aliphatic heterocycles. The summed E-state index contributed by atoms with van der Waals surface area (Å²) in [6.07, 6.45) is -2.03. The molecule has 3 heterocycles. The lowest BCUT2D eigenvalue weighted by Crippen LogP contribution is -2.29. The van der Waals surface area contributed by atoms with Crippen molar-refractivity contribution in [3.05, 3.63) is 20.7 Å². The number of hydrogen-bond donors (Lipinski definition) is 1. The number of carbonyl (C=O) groups excluding carboxylic acids is 2. The fourth-order valence-electron chi connectivity index (χ4n) is 3.75. The van der Waals surface area contributed by atoms with Crippen LogP contribution in [0.5, 0.6) is 0 Å². The minimum absolute atomic E-state index is 0.315. The van der Waals surface area contributed by atoms with Crippen LogP contribution in [0, 0.1) is 12.8 Å². The Morgan fingerprint density at radius 1 is 1.32 bits per heavy atom. The molecule has 7 nitrogen and oxygen atoms in total. The number of halogens is 4. The Bertz CT molecular complexity index is 959. The van der Waals surface area contributed by atoms with E-state index in [1.165, 1.54) is 11.3 Å². The lowest BCUT2D eigenvalue weighted by molar-refractivity contribution is -0.172. The normalized spacial score (nSPS) is 17.5. The number of nitrogens with one attached hydrogen (secondary N) is 1. The highest BCUT2D eigenvalue weighted by molar-refractivity contribution is 9.11. The largest absolute Gasteiger partial charge is 0.449 e. The van der Waals surface area contributed by atoms with Gasteiger partial charge in [-0.05, 0) is 55.0 Å². The molecule has 0 radical (unpaired) electrons. The molecular weight excluding hydrogens is 499 g/mol. The molecule has 31 heavy (non-hydrogen) atoms. The monoisotopic (exact) mass is 521 g/mol. The van der Waals surface area contributed by atoms with Gasteiger partial charge in [-0.15, -0.1) is 11.3 Å². The SMILES string of the molecule is CCn1ncc(NC(=O)c2nc(Br)sc2C)c1N1CCC[C@@H](CC(=O)C(F)(F)F)CC1. The second kappa shape index (κ2) is 9.68. The summed E-state index contributed by atoms with van der Waals surface area (Å²) in [6.45, 7) is 5.38. The fourth-order valence-corrected chi connectivity index (χ4v) is 5.28. The Morgan fingerprint density at radius 2 is 2.06 bits per heavy atom. The average molecular weight is 522 g/mol. The van der Waals surface area contributed by atoms with Crippen LogP contribution in [0.1, 0.15) is 48.0 Å². The van der Waals surface area contributed by atoms with Crippen LogP contribution in [0.2, 0.25) is 0 Å². The van der Waals surface area contributed by atoms with Crippen LogP contribution >= 0.6 is 27.3 Å². The van der Waals surface area contributed by atoms with E-state index in [0.29, 0.717) is 60.0 Å². The van der Waals surface area contributed by atoms with Gasteiger partial charge in [-0.2, -0.15) is 18.3 Å². The molecule has 3 rings (SSSR count). The first-order chi connectivity index (χ1) is 14.6. The van der Waals surface area contributed by atoms with Gasteiger partial charge in [-0.25, -0.2) is 9.67 Å². The third-order valence-corrected chi connectivity index (χ3v) is 6.70. The van der Waals surface area contributed by atoms with Crippen molar-refractivity contribution in [1.82, 2.24) is 14.8 Å². The number of rotatable bonds is 6. The molecule has 170 valence electrons. The van der Waals surface area contributed by atoms with Crippen molar-refractivity contribution in [2.24, 2.45) is 5.92 Å². The molecule has 2 aromatic rings. The maximum Gasteiger partial charge on any atom is 0.449 e. The molecule has 1 N–H and O–H groups in total. The van der Waals surface area contributed by atoms with Crippen molar-refractivity contribution >= 4 is 50.5 Å². The molecule has 1 amide bonds. The number of aryl methyl sites for hydroxylation is 2. The number of nitrogens with zero attached hydrogens (tertiary/aromatic N) is 4. The second-order valence-electron chi connectivity index (χ2n) is 7.43. The first-order valence-corrected chi connectivity index (χ1v) is 11.6. The quantitative estimate of drug-likeness (QED) is 0.589. The Labute approximate surface area is 190 Å². The fraction of sp³-hybridized carbons (Fsp3) is 0.579. The zero-order chi connectivity index (χ0) is 22.8. The summed E-state index contributed by atoms with van der Waals surface area (Å²) in [4.78, 5) is 31.1. The summed E-state index contributed by atoms with van der Waals surface area (Å²) in [7, 11) is 0. The van der Waals surface area contributed by atoms with E-state index in [1.807, 2.05) is 18.7 Å². The van der Waals surface area contributed by atoms with E-state index in [0.717, 1.165) is 4.88 Å². The van der Waals surface area contributed by atoms with Crippen LogP contribution in [-0.4, -0.2) is 45.7 Å². The molecule has 2 aromatic heterocycles. The lowest BCUT2D eigenvalue weighted by atomic mass is 9.94. The third kappa shape index (κ3) is 5.65. The van der Waals surface area contributed by atoms with Crippen molar-refractivity contribution in [1.29, 1.82) is 0 Å². The van der Waals surface area contributed by atoms with Gasteiger partial charge in [0.1, 0.15) is 11.4 Å². The van der Waals surface area contributed by atoms with E-state index < -0.39 is 18.4 Å². The summed E-state index contributed by atoms with van der Waals surface area (Å²) in [5.41, 5.74) is 0.855. The number of amides is 1. The maximum absolute atomic E-state index is 12.7. The van der Waals surface area contributed by atoms with Crippen LogP contribution in [0.15, 0.2) is 10.1 Å². The highest BCUT2D eigenvalue weighted by Gasteiger charge is 2.39. The van der Waals surface area contributed by atoms with Gasteiger partial charge in [0.15, 0.2) is 9.73 Å². The maximum atomic E-state index is 12.7. The van der Waals surface area contributed by atoms with E-state index >= 15 is 0 Å². The standard InChI is InChI=1S/C19H23BrF3N5O2S/c1-3-28-17(13(10-24-28)25-16(30)15-11(2)31-18(20)26-15)27-7-4-5-12(6-8-27)9-14(29)19(21,22)23/h10,12H,3-9H2,1-2H3,(H,25,30)/t12-/m1/s1. The number of ketones is 1. The molecule has 1 aliphatic rings. The van der Waals surface area contributed by atoms with Gasteiger partial charge in [0.05, 0.1) is 6.20 Å². The molecule has 0 bridgehead atoms. The minimum Gasteiger partial charge on any atom is -0.355 e.